The summed E-state index contributed by atoms with van der Waals surface area (Å²) in [6.45, 7) is 0.791. The second kappa shape index (κ2) is 8.63. The molecule has 0 amide bonds. The van der Waals surface area contributed by atoms with Crippen LogP contribution in [-0.4, -0.2) is 28.8 Å². The molecule has 0 aliphatic heterocycles. The molecule has 0 atom stereocenters. The number of nitrogens with one attached hydrogen (secondary N) is 2. The van der Waals surface area contributed by atoms with Crippen LogP contribution in [0.4, 0.5) is 17.5 Å². The van der Waals surface area contributed by atoms with E-state index in [0.717, 1.165) is 30.8 Å². The van der Waals surface area contributed by atoms with Gasteiger partial charge in [0.2, 0.25) is 5.95 Å². The molecular weight excluding hydrogens is 314 g/mol. The molecule has 0 spiro atoms. The van der Waals surface area contributed by atoms with Gasteiger partial charge >= 0.3 is 0 Å². The van der Waals surface area contributed by atoms with Crippen molar-refractivity contribution < 1.29 is 4.74 Å². The average Bonchev–Trinajstić information content (AvgIpc) is 2.67. The van der Waals surface area contributed by atoms with Crippen LogP contribution in [0, 0.1) is 0 Å². The number of aryl methyl sites for hydroxylation is 1. The van der Waals surface area contributed by atoms with Crippen molar-refractivity contribution in [1.82, 2.24) is 15.2 Å². The van der Waals surface area contributed by atoms with Gasteiger partial charge in [0.05, 0.1) is 13.3 Å². The molecule has 128 valence electrons. The van der Waals surface area contributed by atoms with Crippen LogP contribution in [0.1, 0.15) is 12.0 Å². The number of aromatic nitrogens is 3. The number of ether oxygens (including phenoxy) is 1. The smallest absolute Gasteiger partial charge is 0.244 e. The SMILES string of the molecule is COc1cccc(Nc2cnnc(NCCCc3ccccc3)n2)c1. The quantitative estimate of drug-likeness (QED) is 0.612. The molecule has 2 aromatic carbocycles. The molecule has 0 fully saturated rings. The largest absolute Gasteiger partial charge is 0.497 e. The predicted octanol–water partition coefficient (Wildman–Crippen LogP) is 3.67. The first kappa shape index (κ1) is 16.7. The summed E-state index contributed by atoms with van der Waals surface area (Å²) in [7, 11) is 1.64. The van der Waals surface area contributed by atoms with Gasteiger partial charge in [0.15, 0.2) is 5.82 Å². The zero-order valence-electron chi connectivity index (χ0n) is 14.1. The third-order valence-electron chi connectivity index (χ3n) is 3.67. The fourth-order valence-corrected chi connectivity index (χ4v) is 2.42. The van der Waals surface area contributed by atoms with Crippen LogP contribution in [0.15, 0.2) is 60.8 Å². The second-order valence-corrected chi connectivity index (χ2v) is 5.54. The third-order valence-corrected chi connectivity index (χ3v) is 3.67. The van der Waals surface area contributed by atoms with Crippen LogP contribution in [0.2, 0.25) is 0 Å². The second-order valence-electron chi connectivity index (χ2n) is 5.54. The van der Waals surface area contributed by atoms with Gasteiger partial charge in [0, 0.05) is 18.3 Å². The Bertz CT molecular complexity index is 795. The average molecular weight is 335 g/mol. The highest BCUT2D eigenvalue weighted by Crippen LogP contribution is 2.20. The fourth-order valence-electron chi connectivity index (χ4n) is 2.42. The Labute approximate surface area is 147 Å². The number of benzene rings is 2. The molecule has 0 saturated heterocycles. The predicted molar refractivity (Wildman–Crippen MR) is 99.4 cm³/mol. The number of rotatable bonds is 8. The topological polar surface area (TPSA) is 72.0 Å². The summed E-state index contributed by atoms with van der Waals surface area (Å²) in [5.74, 6) is 1.93. The van der Waals surface area contributed by atoms with E-state index in [9.17, 15) is 0 Å². The van der Waals surface area contributed by atoms with Crippen molar-refractivity contribution in [1.29, 1.82) is 0 Å². The van der Waals surface area contributed by atoms with E-state index < -0.39 is 0 Å². The molecular formula is C19H21N5O. The maximum atomic E-state index is 5.22. The molecule has 25 heavy (non-hydrogen) atoms. The lowest BCUT2D eigenvalue weighted by molar-refractivity contribution is 0.415. The van der Waals surface area contributed by atoms with E-state index >= 15 is 0 Å². The van der Waals surface area contributed by atoms with Crippen LogP contribution < -0.4 is 15.4 Å². The van der Waals surface area contributed by atoms with Crippen molar-refractivity contribution in [3.63, 3.8) is 0 Å². The molecule has 1 aromatic heterocycles. The Balaban J connectivity index is 1.52. The van der Waals surface area contributed by atoms with Crippen molar-refractivity contribution in [2.75, 3.05) is 24.3 Å². The lowest BCUT2D eigenvalue weighted by atomic mass is 10.1. The zero-order valence-corrected chi connectivity index (χ0v) is 14.1. The minimum atomic E-state index is 0.515. The third kappa shape index (κ3) is 5.17. The number of nitrogens with zero attached hydrogens (tertiary/aromatic N) is 3. The molecule has 0 aliphatic rings. The molecule has 3 aromatic rings. The molecule has 6 nitrogen and oxygen atoms in total. The maximum absolute atomic E-state index is 5.22. The Hall–Kier alpha value is -3.15. The standard InChI is InChI=1S/C19H21N5O/c1-25-17-11-5-10-16(13-17)22-18-14-21-24-19(23-18)20-12-6-9-15-7-3-2-4-8-15/h2-5,7-8,10-11,13-14H,6,9,12H2,1H3,(H2,20,22,23,24). The zero-order chi connectivity index (χ0) is 17.3. The summed E-state index contributed by atoms with van der Waals surface area (Å²) in [4.78, 5) is 4.43. The van der Waals surface area contributed by atoms with Crippen LogP contribution >= 0.6 is 0 Å². The molecule has 2 N–H and O–H groups in total. The van der Waals surface area contributed by atoms with E-state index in [-0.39, 0.29) is 0 Å². The van der Waals surface area contributed by atoms with E-state index in [1.54, 1.807) is 13.3 Å². The van der Waals surface area contributed by atoms with Gasteiger partial charge in [-0.25, -0.2) is 0 Å². The minimum absolute atomic E-state index is 0.515. The molecule has 0 bridgehead atoms. The number of anilines is 3. The molecule has 0 saturated carbocycles. The van der Waals surface area contributed by atoms with E-state index in [4.69, 9.17) is 4.74 Å². The van der Waals surface area contributed by atoms with Gasteiger partial charge in [0.1, 0.15) is 5.75 Å². The number of methoxy groups -OCH3 is 1. The Morgan fingerprint density at radius 2 is 1.92 bits per heavy atom. The van der Waals surface area contributed by atoms with E-state index in [0.29, 0.717) is 11.8 Å². The van der Waals surface area contributed by atoms with E-state index in [2.05, 4.69) is 50.1 Å². The van der Waals surface area contributed by atoms with Crippen molar-refractivity contribution in [3.8, 4) is 5.75 Å². The summed E-state index contributed by atoms with van der Waals surface area (Å²) in [5.41, 5.74) is 2.21. The molecule has 0 aliphatic carbocycles. The summed E-state index contributed by atoms with van der Waals surface area (Å²) < 4.78 is 5.22. The molecule has 0 unspecified atom stereocenters. The van der Waals surface area contributed by atoms with Crippen LogP contribution in [0.25, 0.3) is 0 Å². The van der Waals surface area contributed by atoms with Crippen molar-refractivity contribution >= 4 is 17.5 Å². The number of hydrogen-bond donors (Lipinski definition) is 2. The lowest BCUT2D eigenvalue weighted by Gasteiger charge is -2.08. The first-order chi connectivity index (χ1) is 12.3. The van der Waals surface area contributed by atoms with Crippen LogP contribution in [0.5, 0.6) is 5.75 Å². The molecule has 1 heterocycles. The highest BCUT2D eigenvalue weighted by atomic mass is 16.5. The Morgan fingerprint density at radius 3 is 2.76 bits per heavy atom. The lowest BCUT2D eigenvalue weighted by Crippen LogP contribution is -2.08. The van der Waals surface area contributed by atoms with Crippen LogP contribution in [0.3, 0.4) is 0 Å². The first-order valence-corrected chi connectivity index (χ1v) is 8.22. The van der Waals surface area contributed by atoms with Crippen molar-refractivity contribution in [2.45, 2.75) is 12.8 Å². The van der Waals surface area contributed by atoms with E-state index in [1.165, 1.54) is 5.56 Å². The van der Waals surface area contributed by atoms with Gasteiger partial charge in [-0.1, -0.05) is 36.4 Å². The monoisotopic (exact) mass is 335 g/mol. The normalized spacial score (nSPS) is 10.3. The fraction of sp³-hybridized carbons (Fsp3) is 0.211. The summed E-state index contributed by atoms with van der Waals surface area (Å²) in [5, 5.41) is 14.4. The summed E-state index contributed by atoms with van der Waals surface area (Å²) in [6, 6.07) is 18.1. The molecule has 3 rings (SSSR count). The highest BCUT2D eigenvalue weighted by Gasteiger charge is 2.02. The first-order valence-electron chi connectivity index (χ1n) is 8.22. The van der Waals surface area contributed by atoms with Gasteiger partial charge < -0.3 is 15.4 Å². The summed E-state index contributed by atoms with van der Waals surface area (Å²) in [6.07, 6.45) is 3.61. The Morgan fingerprint density at radius 1 is 1.04 bits per heavy atom. The Kier molecular flexibility index (Phi) is 5.77. The van der Waals surface area contributed by atoms with Gasteiger partial charge in [-0.05, 0) is 30.5 Å². The maximum Gasteiger partial charge on any atom is 0.244 e. The summed E-state index contributed by atoms with van der Waals surface area (Å²) >= 11 is 0. The van der Waals surface area contributed by atoms with Gasteiger partial charge in [-0.15, -0.1) is 5.10 Å². The van der Waals surface area contributed by atoms with Gasteiger partial charge in [0.25, 0.3) is 0 Å². The van der Waals surface area contributed by atoms with Crippen LogP contribution in [-0.2, 0) is 6.42 Å². The number of hydrogen-bond acceptors (Lipinski definition) is 6. The van der Waals surface area contributed by atoms with Crippen molar-refractivity contribution in [2.24, 2.45) is 0 Å². The van der Waals surface area contributed by atoms with E-state index in [1.807, 2.05) is 30.3 Å². The molecule has 6 heteroatoms. The van der Waals surface area contributed by atoms with Crippen molar-refractivity contribution in [3.05, 3.63) is 66.4 Å². The molecule has 0 radical (unpaired) electrons. The van der Waals surface area contributed by atoms with Gasteiger partial charge in [-0.3, -0.25) is 0 Å². The highest BCUT2D eigenvalue weighted by molar-refractivity contribution is 5.58. The van der Waals surface area contributed by atoms with Gasteiger partial charge in [-0.2, -0.15) is 10.1 Å². The minimum Gasteiger partial charge on any atom is -0.497 e.